The molecule has 0 bridgehead atoms. The Morgan fingerprint density at radius 2 is 2.00 bits per heavy atom. The van der Waals surface area contributed by atoms with Crippen LogP contribution in [0, 0.1) is 6.92 Å². The van der Waals surface area contributed by atoms with E-state index in [0.29, 0.717) is 18.1 Å². The predicted octanol–water partition coefficient (Wildman–Crippen LogP) is 3.79. The zero-order chi connectivity index (χ0) is 16.2. The van der Waals surface area contributed by atoms with Crippen molar-refractivity contribution < 1.29 is 13.9 Å². The van der Waals surface area contributed by atoms with Crippen LogP contribution in [0.3, 0.4) is 0 Å². The third kappa shape index (κ3) is 4.91. The van der Waals surface area contributed by atoms with Gasteiger partial charge in [0.1, 0.15) is 17.4 Å². The molecule has 0 spiro atoms. The van der Waals surface area contributed by atoms with E-state index in [9.17, 15) is 4.79 Å². The summed E-state index contributed by atoms with van der Waals surface area (Å²) in [4.78, 5) is 16.3. The fourth-order valence-electron chi connectivity index (χ4n) is 2.03. The van der Waals surface area contributed by atoms with Crippen LogP contribution in [0.15, 0.2) is 40.9 Å². The lowest BCUT2D eigenvalue weighted by Gasteiger charge is -2.22. The van der Waals surface area contributed by atoms with Gasteiger partial charge in [-0.25, -0.2) is 9.78 Å². The fraction of sp³-hybridized carbons (Fsp3) is 0.412. The highest BCUT2D eigenvalue weighted by Gasteiger charge is 2.23. The predicted molar refractivity (Wildman–Crippen MR) is 83.5 cm³/mol. The second-order valence-electron chi connectivity index (χ2n) is 6.20. The lowest BCUT2D eigenvalue weighted by molar-refractivity contribution is 0.0495. The first-order valence-electron chi connectivity index (χ1n) is 7.29. The number of hydrogen-bond acceptors (Lipinski definition) is 4. The van der Waals surface area contributed by atoms with Crippen molar-refractivity contribution in [2.45, 2.75) is 45.8 Å². The molecule has 0 saturated carbocycles. The molecule has 22 heavy (non-hydrogen) atoms. The summed E-state index contributed by atoms with van der Waals surface area (Å²) in [6.07, 6.45) is 1.74. The van der Waals surface area contributed by atoms with Crippen LogP contribution in [-0.4, -0.2) is 16.7 Å². The van der Waals surface area contributed by atoms with Gasteiger partial charge >= 0.3 is 6.09 Å². The van der Waals surface area contributed by atoms with Gasteiger partial charge in [0.05, 0.1) is 6.20 Å². The molecule has 0 radical (unpaired) electrons. The number of alkyl carbamates (subject to hydrolysis) is 1. The molecule has 0 saturated heterocycles. The van der Waals surface area contributed by atoms with E-state index < -0.39 is 11.7 Å². The summed E-state index contributed by atoms with van der Waals surface area (Å²) in [5, 5.41) is 2.83. The summed E-state index contributed by atoms with van der Waals surface area (Å²) in [6.45, 7) is 7.31. The number of oxazole rings is 1. The van der Waals surface area contributed by atoms with Gasteiger partial charge in [-0.2, -0.15) is 0 Å². The van der Waals surface area contributed by atoms with Crippen molar-refractivity contribution in [3.8, 4) is 0 Å². The highest BCUT2D eigenvalue weighted by Crippen LogP contribution is 2.19. The van der Waals surface area contributed by atoms with Gasteiger partial charge < -0.3 is 14.5 Å². The van der Waals surface area contributed by atoms with Crippen molar-refractivity contribution >= 4 is 6.09 Å². The van der Waals surface area contributed by atoms with Crippen LogP contribution in [0.5, 0.6) is 0 Å². The van der Waals surface area contributed by atoms with E-state index in [1.54, 1.807) is 6.20 Å². The molecule has 1 atom stereocenters. The molecular weight excluding hydrogens is 280 g/mol. The second-order valence-corrected chi connectivity index (χ2v) is 6.20. The van der Waals surface area contributed by atoms with E-state index in [4.69, 9.17) is 9.15 Å². The average Bonchev–Trinajstić information content (AvgIpc) is 2.84. The van der Waals surface area contributed by atoms with Crippen molar-refractivity contribution in [2.75, 3.05) is 0 Å². The van der Waals surface area contributed by atoms with Crippen LogP contribution in [0.25, 0.3) is 0 Å². The minimum absolute atomic E-state index is 0.369. The Morgan fingerprint density at radius 1 is 1.32 bits per heavy atom. The summed E-state index contributed by atoms with van der Waals surface area (Å²) in [5.41, 5.74) is 0.535. The number of carbonyl (C=O) groups excluding carboxylic acids is 1. The number of ether oxygens (including phenoxy) is 1. The standard InChI is InChI=1S/C17H22N2O3/c1-12-11-18-15(21-12)14(10-13-8-6-5-7-9-13)19-16(20)22-17(2,3)4/h5-9,11,14H,10H2,1-4H3,(H,19,20). The molecule has 1 heterocycles. The zero-order valence-corrected chi connectivity index (χ0v) is 13.4. The van der Waals surface area contributed by atoms with Crippen molar-refractivity contribution in [1.82, 2.24) is 10.3 Å². The number of aromatic nitrogens is 1. The van der Waals surface area contributed by atoms with E-state index >= 15 is 0 Å². The Balaban J connectivity index is 2.13. The molecule has 0 fully saturated rings. The van der Waals surface area contributed by atoms with Gasteiger partial charge in [0, 0.05) is 6.42 Å². The summed E-state index contributed by atoms with van der Waals surface area (Å²) in [6, 6.07) is 9.50. The van der Waals surface area contributed by atoms with Gasteiger partial charge in [0.2, 0.25) is 5.89 Å². The molecule has 1 N–H and O–H groups in total. The smallest absolute Gasteiger partial charge is 0.408 e. The van der Waals surface area contributed by atoms with E-state index in [1.165, 1.54) is 0 Å². The zero-order valence-electron chi connectivity index (χ0n) is 13.4. The molecule has 0 aliphatic rings. The summed E-state index contributed by atoms with van der Waals surface area (Å²) in [7, 11) is 0. The lowest BCUT2D eigenvalue weighted by Crippen LogP contribution is -2.35. The Labute approximate surface area is 130 Å². The molecule has 1 unspecified atom stereocenters. The number of nitrogens with zero attached hydrogens (tertiary/aromatic N) is 1. The number of hydrogen-bond donors (Lipinski definition) is 1. The van der Waals surface area contributed by atoms with E-state index in [2.05, 4.69) is 10.3 Å². The fourth-order valence-corrected chi connectivity index (χ4v) is 2.03. The molecule has 1 amide bonds. The minimum Gasteiger partial charge on any atom is -0.444 e. The normalized spacial score (nSPS) is 12.7. The van der Waals surface area contributed by atoms with Crippen molar-refractivity contribution in [1.29, 1.82) is 0 Å². The molecular formula is C17H22N2O3. The molecule has 5 heteroatoms. The van der Waals surface area contributed by atoms with Gasteiger partial charge in [-0.1, -0.05) is 30.3 Å². The Hall–Kier alpha value is -2.30. The number of amides is 1. The van der Waals surface area contributed by atoms with Crippen LogP contribution < -0.4 is 5.32 Å². The maximum Gasteiger partial charge on any atom is 0.408 e. The van der Waals surface area contributed by atoms with Crippen LogP contribution in [-0.2, 0) is 11.2 Å². The van der Waals surface area contributed by atoms with Crippen LogP contribution in [0.2, 0.25) is 0 Å². The first-order chi connectivity index (χ1) is 10.3. The molecule has 0 aliphatic heterocycles. The highest BCUT2D eigenvalue weighted by atomic mass is 16.6. The van der Waals surface area contributed by atoms with Crippen LogP contribution in [0.4, 0.5) is 4.79 Å². The molecule has 0 aliphatic carbocycles. The third-order valence-electron chi connectivity index (χ3n) is 2.91. The van der Waals surface area contributed by atoms with E-state index in [1.807, 2.05) is 58.0 Å². The van der Waals surface area contributed by atoms with E-state index in [0.717, 1.165) is 5.56 Å². The molecule has 2 rings (SSSR count). The van der Waals surface area contributed by atoms with Gasteiger partial charge in [-0.05, 0) is 33.3 Å². The van der Waals surface area contributed by atoms with Crippen molar-refractivity contribution in [2.24, 2.45) is 0 Å². The Morgan fingerprint density at radius 3 is 2.55 bits per heavy atom. The van der Waals surface area contributed by atoms with Crippen LogP contribution in [0.1, 0.15) is 44.0 Å². The number of benzene rings is 1. The molecule has 1 aromatic heterocycles. The van der Waals surface area contributed by atoms with E-state index in [-0.39, 0.29) is 6.04 Å². The summed E-state index contributed by atoms with van der Waals surface area (Å²) >= 11 is 0. The SMILES string of the molecule is Cc1cnc(C(Cc2ccccc2)NC(=O)OC(C)(C)C)o1. The maximum absolute atomic E-state index is 12.0. The average molecular weight is 302 g/mol. The quantitative estimate of drug-likeness (QED) is 0.933. The minimum atomic E-state index is -0.548. The number of nitrogens with one attached hydrogen (secondary N) is 1. The first kappa shape index (κ1) is 16.1. The van der Waals surface area contributed by atoms with Crippen LogP contribution >= 0.6 is 0 Å². The Bertz CT molecular complexity index is 614. The largest absolute Gasteiger partial charge is 0.444 e. The third-order valence-corrected chi connectivity index (χ3v) is 2.91. The van der Waals surface area contributed by atoms with Gasteiger partial charge in [0.15, 0.2) is 0 Å². The number of aryl methyl sites for hydroxylation is 1. The molecule has 1 aromatic carbocycles. The van der Waals surface area contributed by atoms with Crippen molar-refractivity contribution in [3.05, 3.63) is 53.7 Å². The van der Waals surface area contributed by atoms with Crippen molar-refractivity contribution in [3.63, 3.8) is 0 Å². The van der Waals surface area contributed by atoms with Gasteiger partial charge in [-0.3, -0.25) is 0 Å². The molecule has 2 aromatic rings. The topological polar surface area (TPSA) is 64.4 Å². The monoisotopic (exact) mass is 302 g/mol. The summed E-state index contributed by atoms with van der Waals surface area (Å²) < 4.78 is 10.9. The summed E-state index contributed by atoms with van der Waals surface area (Å²) in [5.74, 6) is 1.19. The lowest BCUT2D eigenvalue weighted by atomic mass is 10.1. The second kappa shape index (κ2) is 6.64. The number of carbonyl (C=O) groups is 1. The number of rotatable bonds is 4. The maximum atomic E-state index is 12.0. The highest BCUT2D eigenvalue weighted by molar-refractivity contribution is 5.68. The van der Waals surface area contributed by atoms with Gasteiger partial charge in [-0.15, -0.1) is 0 Å². The molecule has 5 nitrogen and oxygen atoms in total. The molecule has 118 valence electrons. The first-order valence-corrected chi connectivity index (χ1v) is 7.29. The Kier molecular flexibility index (Phi) is 4.85. The van der Waals surface area contributed by atoms with Gasteiger partial charge in [0.25, 0.3) is 0 Å².